The first-order chi connectivity index (χ1) is 11.1. The van der Waals surface area contributed by atoms with Gasteiger partial charge in [-0.15, -0.1) is 11.3 Å². The Morgan fingerprint density at radius 1 is 1.52 bits per heavy atom. The zero-order valence-corrected chi connectivity index (χ0v) is 14.0. The van der Waals surface area contributed by atoms with E-state index in [1.54, 1.807) is 6.20 Å². The molecule has 1 aliphatic heterocycles. The van der Waals surface area contributed by atoms with Gasteiger partial charge in [0.25, 0.3) is 0 Å². The predicted octanol–water partition coefficient (Wildman–Crippen LogP) is 0.691. The molecule has 3 rings (SSSR count). The van der Waals surface area contributed by atoms with Crippen molar-refractivity contribution >= 4 is 22.4 Å². The van der Waals surface area contributed by atoms with Gasteiger partial charge in [0.2, 0.25) is 5.91 Å². The van der Waals surface area contributed by atoms with Crippen molar-refractivity contribution in [2.45, 2.75) is 26.5 Å². The zero-order chi connectivity index (χ0) is 16.2. The molecule has 1 atom stereocenters. The highest BCUT2D eigenvalue weighted by Gasteiger charge is 2.23. The molecule has 1 aliphatic rings. The summed E-state index contributed by atoms with van der Waals surface area (Å²) in [6.07, 6.45) is 1.68. The Balaban J connectivity index is 1.51. The summed E-state index contributed by atoms with van der Waals surface area (Å²) in [5, 5.41) is 9.63. The Morgan fingerprint density at radius 3 is 3.09 bits per heavy atom. The smallest absolute Gasteiger partial charge is 0.240 e. The molecule has 124 valence electrons. The van der Waals surface area contributed by atoms with Crippen molar-refractivity contribution in [3.05, 3.63) is 23.2 Å². The molecular weight excluding hydrogens is 316 g/mol. The number of anilines is 1. The van der Waals surface area contributed by atoms with Gasteiger partial charge in [-0.3, -0.25) is 9.69 Å². The average Bonchev–Trinajstić information content (AvgIpc) is 3.09. The van der Waals surface area contributed by atoms with Crippen LogP contribution >= 0.6 is 11.3 Å². The maximum absolute atomic E-state index is 12.0. The number of thiazole rings is 1. The maximum Gasteiger partial charge on any atom is 0.240 e. The number of nitrogens with one attached hydrogen (secondary N) is 1. The summed E-state index contributed by atoms with van der Waals surface area (Å²) in [6.45, 7) is 6.86. The summed E-state index contributed by atoms with van der Waals surface area (Å²) in [6, 6.07) is 0. The molecule has 0 aliphatic carbocycles. The highest BCUT2D eigenvalue weighted by Crippen LogP contribution is 2.12. The first-order valence-electron chi connectivity index (χ1n) is 7.51. The lowest BCUT2D eigenvalue weighted by Crippen LogP contribution is -2.47. The molecule has 1 fully saturated rings. The van der Waals surface area contributed by atoms with E-state index in [1.807, 2.05) is 23.9 Å². The van der Waals surface area contributed by atoms with Crippen LogP contribution in [0.3, 0.4) is 0 Å². The molecule has 1 N–H and O–H groups in total. The van der Waals surface area contributed by atoms with Gasteiger partial charge < -0.3 is 10.1 Å². The standard InChI is InChI=1S/C14H20N6O2S/c1-10-16-11(2)20(18-10)8-12-7-19(4-5-22-12)9-13(21)17-14-15-3-6-23-14/h3,6,12H,4-5,7-9H2,1-2H3,(H,15,17,21)/t12-/m1/s1. The number of rotatable bonds is 5. The van der Waals surface area contributed by atoms with Crippen LogP contribution in [0.5, 0.6) is 0 Å². The fraction of sp³-hybridized carbons (Fsp3) is 0.571. The van der Waals surface area contributed by atoms with Crippen molar-refractivity contribution in [2.24, 2.45) is 0 Å². The lowest BCUT2D eigenvalue weighted by atomic mass is 10.2. The van der Waals surface area contributed by atoms with Crippen LogP contribution < -0.4 is 5.32 Å². The van der Waals surface area contributed by atoms with Gasteiger partial charge >= 0.3 is 0 Å². The maximum atomic E-state index is 12.0. The monoisotopic (exact) mass is 336 g/mol. The molecule has 1 amide bonds. The largest absolute Gasteiger partial charge is 0.374 e. The lowest BCUT2D eigenvalue weighted by molar-refractivity contribution is -0.119. The van der Waals surface area contributed by atoms with Crippen molar-refractivity contribution in [3.63, 3.8) is 0 Å². The summed E-state index contributed by atoms with van der Waals surface area (Å²) >= 11 is 1.41. The summed E-state index contributed by atoms with van der Waals surface area (Å²) in [7, 11) is 0. The predicted molar refractivity (Wildman–Crippen MR) is 86.4 cm³/mol. The van der Waals surface area contributed by atoms with E-state index in [0.717, 1.165) is 18.2 Å². The van der Waals surface area contributed by atoms with E-state index in [4.69, 9.17) is 4.74 Å². The third kappa shape index (κ3) is 4.34. The van der Waals surface area contributed by atoms with E-state index in [9.17, 15) is 4.79 Å². The minimum Gasteiger partial charge on any atom is -0.374 e. The van der Waals surface area contributed by atoms with Crippen LogP contribution in [0.4, 0.5) is 5.13 Å². The quantitative estimate of drug-likeness (QED) is 0.865. The van der Waals surface area contributed by atoms with Crippen LogP contribution in [-0.2, 0) is 16.1 Å². The van der Waals surface area contributed by atoms with E-state index in [-0.39, 0.29) is 12.0 Å². The molecule has 0 unspecified atom stereocenters. The van der Waals surface area contributed by atoms with Crippen LogP contribution in [0.25, 0.3) is 0 Å². The molecule has 0 aromatic carbocycles. The van der Waals surface area contributed by atoms with Crippen molar-refractivity contribution in [1.82, 2.24) is 24.6 Å². The van der Waals surface area contributed by atoms with Crippen molar-refractivity contribution < 1.29 is 9.53 Å². The Bertz CT molecular complexity index is 656. The van der Waals surface area contributed by atoms with E-state index in [2.05, 4.69) is 25.3 Å². The fourth-order valence-corrected chi connectivity index (χ4v) is 3.15. The molecule has 0 saturated carbocycles. The molecule has 8 nitrogen and oxygen atoms in total. The molecule has 2 aromatic rings. The van der Waals surface area contributed by atoms with Crippen LogP contribution in [0, 0.1) is 13.8 Å². The van der Waals surface area contributed by atoms with Crippen LogP contribution in [-0.4, -0.2) is 62.9 Å². The number of carbonyl (C=O) groups excluding carboxylic acids is 1. The van der Waals surface area contributed by atoms with E-state index < -0.39 is 0 Å². The highest BCUT2D eigenvalue weighted by molar-refractivity contribution is 7.13. The third-order valence-corrected chi connectivity index (χ3v) is 4.30. The minimum absolute atomic E-state index is 0.0104. The molecular formula is C14H20N6O2S. The normalized spacial score (nSPS) is 19.0. The summed E-state index contributed by atoms with van der Waals surface area (Å²) < 4.78 is 7.65. The van der Waals surface area contributed by atoms with Crippen LogP contribution in [0.2, 0.25) is 0 Å². The molecule has 0 radical (unpaired) electrons. The second-order valence-electron chi connectivity index (χ2n) is 5.50. The number of morpholine rings is 1. The van der Waals surface area contributed by atoms with Gasteiger partial charge in [0.15, 0.2) is 5.13 Å². The van der Waals surface area contributed by atoms with Crippen molar-refractivity contribution in [3.8, 4) is 0 Å². The summed E-state index contributed by atoms with van der Waals surface area (Å²) in [5.74, 6) is 1.59. The average molecular weight is 336 g/mol. The molecule has 1 saturated heterocycles. The second kappa shape index (κ2) is 7.16. The third-order valence-electron chi connectivity index (χ3n) is 3.61. The number of carbonyl (C=O) groups is 1. The number of amides is 1. The Labute approximate surface area is 138 Å². The van der Waals surface area contributed by atoms with Crippen molar-refractivity contribution in [1.29, 1.82) is 0 Å². The van der Waals surface area contributed by atoms with Crippen LogP contribution in [0.1, 0.15) is 11.6 Å². The Morgan fingerprint density at radius 2 is 2.39 bits per heavy atom. The van der Waals surface area contributed by atoms with Gasteiger partial charge in [0, 0.05) is 24.7 Å². The molecule has 9 heteroatoms. The number of aryl methyl sites for hydroxylation is 2. The molecule has 2 aromatic heterocycles. The number of ether oxygens (including phenoxy) is 1. The van der Waals surface area contributed by atoms with E-state index in [1.165, 1.54) is 11.3 Å². The molecule has 0 spiro atoms. The minimum atomic E-state index is -0.0478. The van der Waals surface area contributed by atoms with E-state index >= 15 is 0 Å². The van der Waals surface area contributed by atoms with Crippen molar-refractivity contribution in [2.75, 3.05) is 31.6 Å². The first kappa shape index (κ1) is 16.0. The molecule has 23 heavy (non-hydrogen) atoms. The van der Waals surface area contributed by atoms with Gasteiger partial charge in [0.1, 0.15) is 11.6 Å². The SMILES string of the molecule is Cc1nc(C)n(C[C@H]2CN(CC(=O)Nc3nccs3)CCO2)n1. The summed E-state index contributed by atoms with van der Waals surface area (Å²) in [4.78, 5) is 22.5. The summed E-state index contributed by atoms with van der Waals surface area (Å²) in [5.41, 5.74) is 0. The number of hydrogen-bond donors (Lipinski definition) is 1. The Kier molecular flexibility index (Phi) is 4.99. The van der Waals surface area contributed by atoms with Gasteiger partial charge in [0.05, 0.1) is 25.8 Å². The highest BCUT2D eigenvalue weighted by atomic mass is 32.1. The second-order valence-corrected chi connectivity index (χ2v) is 6.40. The van der Waals surface area contributed by atoms with Gasteiger partial charge in [-0.1, -0.05) is 0 Å². The van der Waals surface area contributed by atoms with Gasteiger partial charge in [-0.05, 0) is 13.8 Å². The van der Waals surface area contributed by atoms with E-state index in [0.29, 0.717) is 31.4 Å². The Hall–Kier alpha value is -1.84. The lowest BCUT2D eigenvalue weighted by Gasteiger charge is -2.32. The number of hydrogen-bond acceptors (Lipinski definition) is 7. The topological polar surface area (TPSA) is 85.2 Å². The first-order valence-corrected chi connectivity index (χ1v) is 8.39. The molecule has 0 bridgehead atoms. The zero-order valence-electron chi connectivity index (χ0n) is 13.2. The number of aromatic nitrogens is 4. The fourth-order valence-electron chi connectivity index (χ4n) is 2.61. The van der Waals surface area contributed by atoms with Crippen LogP contribution in [0.15, 0.2) is 11.6 Å². The molecule has 3 heterocycles. The van der Waals surface area contributed by atoms with Gasteiger partial charge in [-0.25, -0.2) is 14.6 Å². The number of nitrogens with zero attached hydrogens (tertiary/aromatic N) is 5. The van der Waals surface area contributed by atoms with Gasteiger partial charge in [-0.2, -0.15) is 5.10 Å².